The summed E-state index contributed by atoms with van der Waals surface area (Å²) in [5, 5.41) is 10.1. The fraction of sp³-hybridized carbons (Fsp3) is 0.391. The smallest absolute Gasteiger partial charge is 0.256 e. The number of ether oxygens (including phenoxy) is 1. The summed E-state index contributed by atoms with van der Waals surface area (Å²) in [6.07, 6.45) is 4.09. The molecule has 3 heterocycles. The van der Waals surface area contributed by atoms with Crippen molar-refractivity contribution in [1.29, 1.82) is 0 Å². The van der Waals surface area contributed by atoms with Crippen molar-refractivity contribution in [2.45, 2.75) is 39.3 Å². The standard InChI is InChI=1S/C23H28N6O3/c1-16-21(18-7-4-3-5-8-18)26-27-22(16)25-23(31)19-15-29(13-14-32-19)20(30)9-6-11-28-12-10-24-17(28)2/h3-5,7-8,10,12,19H,6,9,11,13-15H2,1-2H3,(H2,25,26,27,31). The van der Waals surface area contributed by atoms with Crippen LogP contribution in [0.4, 0.5) is 5.82 Å². The molecule has 1 fully saturated rings. The van der Waals surface area contributed by atoms with Crippen molar-refractivity contribution in [3.63, 3.8) is 0 Å². The summed E-state index contributed by atoms with van der Waals surface area (Å²) in [5.41, 5.74) is 2.70. The predicted molar refractivity (Wildman–Crippen MR) is 120 cm³/mol. The van der Waals surface area contributed by atoms with Crippen molar-refractivity contribution in [3.8, 4) is 11.3 Å². The van der Waals surface area contributed by atoms with Gasteiger partial charge in [0.1, 0.15) is 5.82 Å². The first-order valence-corrected chi connectivity index (χ1v) is 10.8. The minimum absolute atomic E-state index is 0.0335. The lowest BCUT2D eigenvalue weighted by molar-refractivity contribution is -0.144. The molecule has 1 unspecified atom stereocenters. The minimum atomic E-state index is -0.722. The Hall–Kier alpha value is -3.46. The highest BCUT2D eigenvalue weighted by molar-refractivity contribution is 5.95. The van der Waals surface area contributed by atoms with Crippen molar-refractivity contribution < 1.29 is 14.3 Å². The zero-order valence-corrected chi connectivity index (χ0v) is 18.4. The van der Waals surface area contributed by atoms with Gasteiger partial charge in [0.2, 0.25) is 5.91 Å². The molecule has 2 aromatic heterocycles. The number of morpholine rings is 1. The maximum Gasteiger partial charge on any atom is 0.256 e. The molecule has 0 bridgehead atoms. The van der Waals surface area contributed by atoms with Gasteiger partial charge >= 0.3 is 0 Å². The first-order valence-electron chi connectivity index (χ1n) is 10.8. The van der Waals surface area contributed by atoms with E-state index in [0.717, 1.165) is 35.6 Å². The SMILES string of the molecule is Cc1c(NC(=O)C2CN(C(=O)CCCn3ccnc3C)CCO2)n[nH]c1-c1ccccc1. The Labute approximate surface area is 186 Å². The number of carbonyl (C=O) groups is 2. The Morgan fingerprint density at radius 2 is 2.06 bits per heavy atom. The summed E-state index contributed by atoms with van der Waals surface area (Å²) in [6.45, 7) is 5.65. The molecule has 0 spiro atoms. The summed E-state index contributed by atoms with van der Waals surface area (Å²) in [4.78, 5) is 31.4. The molecule has 1 aliphatic heterocycles. The monoisotopic (exact) mass is 436 g/mol. The van der Waals surface area contributed by atoms with Crippen molar-refractivity contribution in [2.75, 3.05) is 25.0 Å². The topological polar surface area (TPSA) is 105 Å². The number of rotatable bonds is 7. The van der Waals surface area contributed by atoms with Gasteiger partial charge in [0.05, 0.1) is 18.8 Å². The molecule has 0 aliphatic carbocycles. The van der Waals surface area contributed by atoms with Crippen molar-refractivity contribution >= 4 is 17.6 Å². The fourth-order valence-corrected chi connectivity index (χ4v) is 3.84. The number of amides is 2. The molecule has 9 heteroatoms. The summed E-state index contributed by atoms with van der Waals surface area (Å²) in [7, 11) is 0. The molecular formula is C23H28N6O3. The number of carbonyl (C=O) groups excluding carboxylic acids is 2. The number of benzene rings is 1. The van der Waals surface area contributed by atoms with Gasteiger partial charge in [-0.3, -0.25) is 14.7 Å². The van der Waals surface area contributed by atoms with E-state index in [9.17, 15) is 9.59 Å². The molecule has 1 aliphatic rings. The van der Waals surface area contributed by atoms with Crippen molar-refractivity contribution in [3.05, 3.63) is 54.1 Å². The van der Waals surface area contributed by atoms with Crippen LogP contribution < -0.4 is 5.32 Å². The van der Waals surface area contributed by atoms with Gasteiger partial charge in [-0.15, -0.1) is 0 Å². The number of anilines is 1. The average Bonchev–Trinajstić information content (AvgIpc) is 3.39. The first kappa shape index (κ1) is 21.8. The minimum Gasteiger partial charge on any atom is -0.365 e. The Balaban J connectivity index is 1.31. The van der Waals surface area contributed by atoms with Crippen LogP contribution in [0, 0.1) is 13.8 Å². The molecule has 0 radical (unpaired) electrons. The summed E-state index contributed by atoms with van der Waals surface area (Å²) < 4.78 is 7.67. The summed E-state index contributed by atoms with van der Waals surface area (Å²) >= 11 is 0. The predicted octanol–water partition coefficient (Wildman–Crippen LogP) is 2.54. The van der Waals surface area contributed by atoms with Gasteiger partial charge in [-0.05, 0) is 25.8 Å². The molecule has 4 rings (SSSR count). The Morgan fingerprint density at radius 1 is 1.25 bits per heavy atom. The van der Waals surface area contributed by atoms with Crippen LogP contribution in [0.2, 0.25) is 0 Å². The fourth-order valence-electron chi connectivity index (χ4n) is 3.84. The molecule has 1 atom stereocenters. The normalized spacial score (nSPS) is 16.2. The summed E-state index contributed by atoms with van der Waals surface area (Å²) in [6, 6.07) is 9.81. The zero-order valence-electron chi connectivity index (χ0n) is 18.4. The van der Waals surface area contributed by atoms with Gasteiger partial charge in [0.25, 0.3) is 5.91 Å². The largest absolute Gasteiger partial charge is 0.365 e. The first-order chi connectivity index (χ1) is 15.5. The van der Waals surface area contributed by atoms with Crippen LogP contribution in [0.5, 0.6) is 0 Å². The van der Waals surface area contributed by atoms with Gasteiger partial charge in [-0.1, -0.05) is 30.3 Å². The van der Waals surface area contributed by atoms with E-state index in [0.29, 0.717) is 25.4 Å². The van der Waals surface area contributed by atoms with Crippen LogP contribution in [-0.2, 0) is 20.9 Å². The lowest BCUT2D eigenvalue weighted by atomic mass is 10.1. The highest BCUT2D eigenvalue weighted by Crippen LogP contribution is 2.25. The second-order valence-corrected chi connectivity index (χ2v) is 7.90. The molecule has 9 nitrogen and oxygen atoms in total. The number of nitrogens with zero attached hydrogens (tertiary/aromatic N) is 4. The third kappa shape index (κ3) is 4.88. The van der Waals surface area contributed by atoms with E-state index in [4.69, 9.17) is 4.74 Å². The maximum atomic E-state index is 12.8. The average molecular weight is 437 g/mol. The maximum absolute atomic E-state index is 12.8. The van der Waals surface area contributed by atoms with Crippen molar-refractivity contribution in [1.82, 2.24) is 24.6 Å². The number of aryl methyl sites for hydroxylation is 2. The zero-order chi connectivity index (χ0) is 22.5. The molecule has 2 amide bonds. The highest BCUT2D eigenvalue weighted by atomic mass is 16.5. The highest BCUT2D eigenvalue weighted by Gasteiger charge is 2.30. The van der Waals surface area contributed by atoms with Crippen LogP contribution in [0.1, 0.15) is 24.2 Å². The van der Waals surface area contributed by atoms with Crippen LogP contribution in [0.15, 0.2) is 42.7 Å². The molecule has 2 N–H and O–H groups in total. The molecular weight excluding hydrogens is 408 g/mol. The van der Waals surface area contributed by atoms with Crippen LogP contribution in [0.25, 0.3) is 11.3 Å². The number of nitrogens with one attached hydrogen (secondary N) is 2. The van der Waals surface area contributed by atoms with E-state index in [-0.39, 0.29) is 18.4 Å². The van der Waals surface area contributed by atoms with Gasteiger partial charge < -0.3 is 19.5 Å². The van der Waals surface area contributed by atoms with Crippen LogP contribution in [0.3, 0.4) is 0 Å². The lowest BCUT2D eigenvalue weighted by Crippen LogP contribution is -2.50. The van der Waals surface area contributed by atoms with Crippen LogP contribution in [-0.4, -0.2) is 62.3 Å². The van der Waals surface area contributed by atoms with E-state index >= 15 is 0 Å². The number of hydrogen-bond donors (Lipinski definition) is 2. The van der Waals surface area contributed by atoms with E-state index in [1.54, 1.807) is 11.1 Å². The number of aromatic amines is 1. The number of imidazole rings is 1. The number of H-pyrrole nitrogens is 1. The van der Waals surface area contributed by atoms with E-state index in [2.05, 4.69) is 20.5 Å². The molecule has 1 aromatic carbocycles. The van der Waals surface area contributed by atoms with Crippen LogP contribution >= 0.6 is 0 Å². The third-order valence-electron chi connectivity index (χ3n) is 5.74. The number of aromatic nitrogens is 4. The Bertz CT molecular complexity index is 1070. The summed E-state index contributed by atoms with van der Waals surface area (Å²) in [5.74, 6) is 1.14. The van der Waals surface area contributed by atoms with Gasteiger partial charge in [0.15, 0.2) is 11.9 Å². The molecule has 1 saturated heterocycles. The second kappa shape index (κ2) is 9.78. The third-order valence-corrected chi connectivity index (χ3v) is 5.74. The Kier molecular flexibility index (Phi) is 6.65. The van der Waals surface area contributed by atoms with E-state index in [1.165, 1.54) is 0 Å². The van der Waals surface area contributed by atoms with Gasteiger partial charge in [0, 0.05) is 37.5 Å². The second-order valence-electron chi connectivity index (χ2n) is 7.90. The molecule has 0 saturated carbocycles. The number of hydrogen-bond acceptors (Lipinski definition) is 5. The van der Waals surface area contributed by atoms with Gasteiger partial charge in [-0.2, -0.15) is 5.10 Å². The molecule has 3 aromatic rings. The van der Waals surface area contributed by atoms with E-state index in [1.807, 2.05) is 54.9 Å². The van der Waals surface area contributed by atoms with Gasteiger partial charge in [-0.25, -0.2) is 4.98 Å². The van der Waals surface area contributed by atoms with Crippen molar-refractivity contribution in [2.24, 2.45) is 0 Å². The lowest BCUT2D eigenvalue weighted by Gasteiger charge is -2.32. The quantitative estimate of drug-likeness (QED) is 0.592. The Morgan fingerprint density at radius 3 is 2.81 bits per heavy atom. The van der Waals surface area contributed by atoms with E-state index < -0.39 is 6.10 Å². The molecule has 168 valence electrons. The molecule has 32 heavy (non-hydrogen) atoms.